The number of phenolic OH excluding ortho intramolecular Hbond substituents is 1. The molecule has 1 aromatic heterocycles. The third kappa shape index (κ3) is 1.05. The van der Waals surface area contributed by atoms with Crippen LogP contribution in [0.3, 0.4) is 0 Å². The molecule has 0 spiro atoms. The smallest absolute Gasteiger partial charge is 0.136 e. The average Bonchev–Trinajstić information content (AvgIpc) is 2.48. The first-order valence-corrected chi connectivity index (χ1v) is 4.64. The molecule has 0 atom stereocenters. The number of aromatic nitrogens is 1. The van der Waals surface area contributed by atoms with E-state index in [2.05, 4.69) is 4.37 Å². The molecule has 0 saturated heterocycles. The summed E-state index contributed by atoms with van der Waals surface area (Å²) in [5.41, 5.74) is 0. The molecule has 0 unspecified atom stereocenters. The molecule has 0 saturated carbocycles. The second-order valence-electron chi connectivity index (χ2n) is 2.27. The zero-order chi connectivity index (χ0) is 8.72. The van der Waals surface area contributed by atoms with Gasteiger partial charge in [-0.25, -0.2) is 0 Å². The Labute approximate surface area is 82.5 Å². The van der Waals surface area contributed by atoms with Crippen molar-refractivity contribution in [2.24, 2.45) is 0 Å². The fraction of sp³-hybridized carbons (Fsp3) is 0. The minimum atomic E-state index is -0.00522. The van der Waals surface area contributed by atoms with Crippen LogP contribution >= 0.6 is 34.7 Å². The number of hydrogen-bond donors (Lipinski definition) is 1. The molecule has 1 aromatic carbocycles. The molecule has 1 heterocycles. The molecule has 62 valence electrons. The van der Waals surface area contributed by atoms with Gasteiger partial charge in [0.1, 0.15) is 10.8 Å². The summed E-state index contributed by atoms with van der Waals surface area (Å²) in [6.07, 6.45) is 1.64. The van der Waals surface area contributed by atoms with Gasteiger partial charge >= 0.3 is 0 Å². The van der Waals surface area contributed by atoms with Gasteiger partial charge in [0, 0.05) is 11.6 Å². The van der Waals surface area contributed by atoms with Gasteiger partial charge in [-0.3, -0.25) is 0 Å². The predicted molar refractivity (Wildman–Crippen MR) is 51.3 cm³/mol. The quantitative estimate of drug-likeness (QED) is 0.738. The number of nitrogens with zero attached hydrogens (tertiary/aromatic N) is 1. The number of fused-ring (bicyclic) bond motifs is 1. The van der Waals surface area contributed by atoms with Crippen LogP contribution in [0.5, 0.6) is 5.75 Å². The van der Waals surface area contributed by atoms with Crippen molar-refractivity contribution in [3.8, 4) is 5.75 Å². The maximum absolute atomic E-state index is 9.28. The van der Waals surface area contributed by atoms with Crippen LogP contribution in [-0.4, -0.2) is 9.48 Å². The summed E-state index contributed by atoms with van der Waals surface area (Å²) in [5.74, 6) is -0.00522. The van der Waals surface area contributed by atoms with Crippen molar-refractivity contribution in [2.45, 2.75) is 0 Å². The minimum Gasteiger partial charge on any atom is -0.506 e. The fourth-order valence-corrected chi connectivity index (χ4v) is 2.12. The highest BCUT2D eigenvalue weighted by atomic mass is 35.5. The number of benzene rings is 1. The molecule has 0 amide bonds. The van der Waals surface area contributed by atoms with Crippen molar-refractivity contribution >= 4 is 44.8 Å². The normalized spacial score (nSPS) is 10.8. The Hall–Kier alpha value is -0.510. The lowest BCUT2D eigenvalue weighted by molar-refractivity contribution is 0.476. The van der Waals surface area contributed by atoms with Gasteiger partial charge in [-0.2, -0.15) is 4.37 Å². The van der Waals surface area contributed by atoms with Crippen LogP contribution < -0.4 is 0 Å². The molecule has 0 fully saturated rings. The number of halogens is 2. The summed E-state index contributed by atoms with van der Waals surface area (Å²) in [5, 5.41) is 10.6. The first-order valence-electron chi connectivity index (χ1n) is 3.11. The molecule has 0 bridgehead atoms. The topological polar surface area (TPSA) is 33.1 Å². The SMILES string of the molecule is Oc1cc2cnsc2c(Cl)c1Cl. The van der Waals surface area contributed by atoms with Crippen LogP contribution in [0.1, 0.15) is 0 Å². The van der Waals surface area contributed by atoms with Crippen LogP contribution in [-0.2, 0) is 0 Å². The van der Waals surface area contributed by atoms with E-state index in [0.717, 1.165) is 10.1 Å². The van der Waals surface area contributed by atoms with E-state index >= 15 is 0 Å². The highest BCUT2D eigenvalue weighted by Crippen LogP contribution is 2.39. The molecule has 0 radical (unpaired) electrons. The van der Waals surface area contributed by atoms with Crippen molar-refractivity contribution < 1.29 is 5.11 Å². The van der Waals surface area contributed by atoms with Crippen molar-refractivity contribution in [2.75, 3.05) is 0 Å². The summed E-state index contributed by atoms with van der Waals surface area (Å²) in [6.45, 7) is 0. The molecular formula is C7H3Cl2NOS. The third-order valence-electron chi connectivity index (χ3n) is 1.51. The Morgan fingerprint density at radius 2 is 2.08 bits per heavy atom. The van der Waals surface area contributed by atoms with E-state index in [9.17, 15) is 5.11 Å². The maximum Gasteiger partial charge on any atom is 0.136 e. The monoisotopic (exact) mass is 219 g/mol. The molecule has 2 rings (SSSR count). The van der Waals surface area contributed by atoms with E-state index in [4.69, 9.17) is 23.2 Å². The summed E-state index contributed by atoms with van der Waals surface area (Å²) in [6, 6.07) is 1.55. The van der Waals surface area contributed by atoms with Gasteiger partial charge < -0.3 is 5.11 Å². The van der Waals surface area contributed by atoms with Gasteiger partial charge in [0.15, 0.2) is 0 Å². The lowest BCUT2D eigenvalue weighted by atomic mass is 10.2. The fourth-order valence-electron chi connectivity index (χ4n) is 0.940. The van der Waals surface area contributed by atoms with Gasteiger partial charge in [-0.05, 0) is 17.6 Å². The van der Waals surface area contributed by atoms with E-state index in [0.29, 0.717) is 5.02 Å². The second-order valence-corrected chi connectivity index (χ2v) is 3.83. The standard InChI is InChI=1S/C7H3Cl2NOS/c8-5-4(11)1-3-2-10-12-7(3)6(5)9/h1-2,11H. The van der Waals surface area contributed by atoms with Gasteiger partial charge in [0.2, 0.25) is 0 Å². The number of hydrogen-bond acceptors (Lipinski definition) is 3. The molecular weight excluding hydrogens is 217 g/mol. The minimum absolute atomic E-state index is 0.00522. The molecule has 2 aromatic rings. The van der Waals surface area contributed by atoms with Crippen LogP contribution in [0.25, 0.3) is 10.1 Å². The number of rotatable bonds is 0. The highest BCUT2D eigenvalue weighted by molar-refractivity contribution is 7.14. The van der Waals surface area contributed by atoms with Crippen molar-refractivity contribution in [1.82, 2.24) is 4.37 Å². The highest BCUT2D eigenvalue weighted by Gasteiger charge is 2.10. The van der Waals surface area contributed by atoms with Crippen molar-refractivity contribution in [3.63, 3.8) is 0 Å². The first-order chi connectivity index (χ1) is 5.70. The summed E-state index contributed by atoms with van der Waals surface area (Å²) < 4.78 is 4.74. The third-order valence-corrected chi connectivity index (χ3v) is 3.31. The zero-order valence-corrected chi connectivity index (χ0v) is 8.04. The molecule has 0 aliphatic rings. The summed E-state index contributed by atoms with van der Waals surface area (Å²) in [4.78, 5) is 0. The van der Waals surface area contributed by atoms with Gasteiger partial charge in [-0.15, -0.1) is 0 Å². The Morgan fingerprint density at radius 1 is 1.33 bits per heavy atom. The number of aromatic hydroxyl groups is 1. The lowest BCUT2D eigenvalue weighted by Crippen LogP contribution is -1.71. The summed E-state index contributed by atoms with van der Waals surface area (Å²) in [7, 11) is 0. The van der Waals surface area contributed by atoms with Gasteiger partial charge in [-0.1, -0.05) is 23.2 Å². The average molecular weight is 220 g/mol. The second kappa shape index (κ2) is 2.76. The Bertz CT molecular complexity index is 440. The van der Waals surface area contributed by atoms with Crippen LogP contribution in [0, 0.1) is 0 Å². The van der Waals surface area contributed by atoms with E-state index in [1.807, 2.05) is 0 Å². The maximum atomic E-state index is 9.28. The van der Waals surface area contributed by atoms with E-state index in [1.165, 1.54) is 11.5 Å². The molecule has 0 aliphatic carbocycles. The Balaban J connectivity index is 2.94. The van der Waals surface area contributed by atoms with E-state index < -0.39 is 0 Å². The molecule has 0 aliphatic heterocycles. The largest absolute Gasteiger partial charge is 0.506 e. The van der Waals surface area contributed by atoms with Gasteiger partial charge in [0.05, 0.1) is 9.72 Å². The summed E-state index contributed by atoms with van der Waals surface area (Å²) >= 11 is 12.8. The van der Waals surface area contributed by atoms with Gasteiger partial charge in [0.25, 0.3) is 0 Å². The molecule has 5 heteroatoms. The van der Waals surface area contributed by atoms with E-state index in [1.54, 1.807) is 12.3 Å². The zero-order valence-electron chi connectivity index (χ0n) is 5.71. The molecule has 12 heavy (non-hydrogen) atoms. The van der Waals surface area contributed by atoms with Crippen molar-refractivity contribution in [3.05, 3.63) is 22.3 Å². The van der Waals surface area contributed by atoms with Crippen LogP contribution in [0.15, 0.2) is 12.3 Å². The molecule has 1 N–H and O–H groups in total. The first kappa shape index (κ1) is 8.10. The molecule has 2 nitrogen and oxygen atoms in total. The number of phenols is 1. The van der Waals surface area contributed by atoms with Crippen LogP contribution in [0.2, 0.25) is 10.0 Å². The van der Waals surface area contributed by atoms with Crippen molar-refractivity contribution in [1.29, 1.82) is 0 Å². The Morgan fingerprint density at radius 3 is 2.83 bits per heavy atom. The Kier molecular flexibility index (Phi) is 1.87. The lowest BCUT2D eigenvalue weighted by Gasteiger charge is -1.98. The predicted octanol–water partition coefficient (Wildman–Crippen LogP) is 3.31. The van der Waals surface area contributed by atoms with E-state index in [-0.39, 0.29) is 10.8 Å². The van der Waals surface area contributed by atoms with Crippen LogP contribution in [0.4, 0.5) is 0 Å².